The number of aryl methyl sites for hydroxylation is 2. The van der Waals surface area contributed by atoms with Crippen LogP contribution in [-0.4, -0.2) is 6.54 Å². The molecule has 1 aliphatic rings. The van der Waals surface area contributed by atoms with Crippen molar-refractivity contribution in [1.29, 1.82) is 0 Å². The number of benzene rings is 2. The minimum Gasteiger partial charge on any atom is -0.367 e. The SMILES string of the molecule is Cc1ccc2c(c1)CCCN2Cc1ccc(F)cc1Br. The predicted octanol–water partition coefficient (Wildman–Crippen LogP) is 4.85. The number of nitrogens with zero attached hydrogens (tertiary/aromatic N) is 1. The monoisotopic (exact) mass is 333 g/mol. The van der Waals surface area contributed by atoms with Crippen molar-refractivity contribution in [2.45, 2.75) is 26.3 Å². The largest absolute Gasteiger partial charge is 0.367 e. The molecular weight excluding hydrogens is 317 g/mol. The van der Waals surface area contributed by atoms with E-state index in [1.807, 2.05) is 6.07 Å². The van der Waals surface area contributed by atoms with Crippen LogP contribution in [-0.2, 0) is 13.0 Å². The molecule has 0 radical (unpaired) electrons. The van der Waals surface area contributed by atoms with Gasteiger partial charge in [0, 0.05) is 23.2 Å². The maximum Gasteiger partial charge on any atom is 0.124 e. The first kappa shape index (κ1) is 13.6. The van der Waals surface area contributed by atoms with Crippen LogP contribution >= 0.6 is 15.9 Å². The van der Waals surface area contributed by atoms with E-state index in [0.29, 0.717) is 0 Å². The topological polar surface area (TPSA) is 3.24 Å². The molecule has 0 unspecified atom stereocenters. The maximum absolute atomic E-state index is 13.2. The normalized spacial score (nSPS) is 14.2. The molecule has 0 fully saturated rings. The van der Waals surface area contributed by atoms with Gasteiger partial charge in [-0.15, -0.1) is 0 Å². The van der Waals surface area contributed by atoms with Gasteiger partial charge in [-0.3, -0.25) is 0 Å². The van der Waals surface area contributed by atoms with Crippen LogP contribution in [0.3, 0.4) is 0 Å². The maximum atomic E-state index is 13.2. The minimum absolute atomic E-state index is 0.199. The molecule has 0 aliphatic carbocycles. The van der Waals surface area contributed by atoms with Crippen molar-refractivity contribution >= 4 is 21.6 Å². The van der Waals surface area contributed by atoms with Gasteiger partial charge >= 0.3 is 0 Å². The van der Waals surface area contributed by atoms with E-state index in [4.69, 9.17) is 0 Å². The second kappa shape index (κ2) is 5.57. The molecule has 0 bridgehead atoms. The molecule has 0 atom stereocenters. The molecule has 2 aromatic rings. The summed E-state index contributed by atoms with van der Waals surface area (Å²) < 4.78 is 14.0. The third-order valence-electron chi connectivity index (χ3n) is 3.83. The van der Waals surface area contributed by atoms with Crippen LogP contribution in [0.25, 0.3) is 0 Å². The molecule has 3 rings (SSSR count). The summed E-state index contributed by atoms with van der Waals surface area (Å²) in [6.45, 7) is 4.01. The van der Waals surface area contributed by atoms with Gasteiger partial charge in [-0.2, -0.15) is 0 Å². The first-order valence-corrected chi connectivity index (χ1v) is 7.71. The van der Waals surface area contributed by atoms with Crippen molar-refractivity contribution < 1.29 is 4.39 Å². The van der Waals surface area contributed by atoms with Crippen LogP contribution in [0.5, 0.6) is 0 Å². The molecule has 0 N–H and O–H groups in total. The summed E-state index contributed by atoms with van der Waals surface area (Å²) in [6.07, 6.45) is 2.33. The number of hydrogen-bond donors (Lipinski definition) is 0. The fourth-order valence-electron chi connectivity index (χ4n) is 2.82. The lowest BCUT2D eigenvalue weighted by molar-refractivity contribution is 0.624. The first-order valence-electron chi connectivity index (χ1n) is 6.92. The Hall–Kier alpha value is -1.35. The molecule has 0 saturated heterocycles. The lowest BCUT2D eigenvalue weighted by Gasteiger charge is -2.32. The highest BCUT2D eigenvalue weighted by atomic mass is 79.9. The summed E-state index contributed by atoms with van der Waals surface area (Å²) in [5, 5.41) is 0. The zero-order valence-electron chi connectivity index (χ0n) is 11.5. The van der Waals surface area contributed by atoms with E-state index in [2.05, 4.69) is 46.0 Å². The second-order valence-corrected chi connectivity index (χ2v) is 6.25. The van der Waals surface area contributed by atoms with Gasteiger partial charge in [0.2, 0.25) is 0 Å². The van der Waals surface area contributed by atoms with E-state index in [1.165, 1.54) is 35.4 Å². The summed E-state index contributed by atoms with van der Waals surface area (Å²) in [5.41, 5.74) is 5.18. The van der Waals surface area contributed by atoms with Crippen LogP contribution < -0.4 is 4.90 Å². The average Bonchev–Trinajstić information content (AvgIpc) is 2.41. The van der Waals surface area contributed by atoms with Crippen LogP contribution in [0.4, 0.5) is 10.1 Å². The smallest absolute Gasteiger partial charge is 0.124 e. The summed E-state index contributed by atoms with van der Waals surface area (Å²) in [5.74, 6) is -0.199. The summed E-state index contributed by atoms with van der Waals surface area (Å²) in [7, 11) is 0. The fraction of sp³-hybridized carbons (Fsp3) is 0.294. The van der Waals surface area contributed by atoms with E-state index in [9.17, 15) is 4.39 Å². The van der Waals surface area contributed by atoms with E-state index >= 15 is 0 Å². The van der Waals surface area contributed by atoms with Crippen molar-refractivity contribution in [3.63, 3.8) is 0 Å². The Kier molecular flexibility index (Phi) is 3.79. The van der Waals surface area contributed by atoms with Gasteiger partial charge in [0.1, 0.15) is 5.82 Å². The van der Waals surface area contributed by atoms with Crippen LogP contribution in [0.15, 0.2) is 40.9 Å². The molecule has 0 spiro atoms. The quantitative estimate of drug-likeness (QED) is 0.759. The molecule has 104 valence electrons. The second-order valence-electron chi connectivity index (χ2n) is 5.39. The molecule has 3 heteroatoms. The highest BCUT2D eigenvalue weighted by molar-refractivity contribution is 9.10. The molecule has 0 saturated carbocycles. The standard InChI is InChI=1S/C17H17BrFN/c1-12-4-7-17-13(9-12)3-2-8-20(17)11-14-5-6-15(19)10-16(14)18/h4-7,9-10H,2-3,8,11H2,1H3. The van der Waals surface area contributed by atoms with Gasteiger partial charge < -0.3 is 4.90 Å². The average molecular weight is 334 g/mol. The fourth-order valence-corrected chi connectivity index (χ4v) is 3.30. The third kappa shape index (κ3) is 2.73. The van der Waals surface area contributed by atoms with Crippen molar-refractivity contribution in [2.24, 2.45) is 0 Å². The minimum atomic E-state index is -0.199. The zero-order chi connectivity index (χ0) is 14.1. The van der Waals surface area contributed by atoms with Gasteiger partial charge in [-0.1, -0.05) is 39.7 Å². The van der Waals surface area contributed by atoms with Gasteiger partial charge in [0.15, 0.2) is 0 Å². The van der Waals surface area contributed by atoms with E-state index in [-0.39, 0.29) is 5.82 Å². The van der Waals surface area contributed by atoms with Gasteiger partial charge in [-0.05, 0) is 49.1 Å². The molecule has 1 aliphatic heterocycles. The van der Waals surface area contributed by atoms with Crippen molar-refractivity contribution in [3.05, 3.63) is 63.4 Å². The number of hydrogen-bond acceptors (Lipinski definition) is 1. The number of fused-ring (bicyclic) bond motifs is 1. The first-order chi connectivity index (χ1) is 9.63. The Balaban J connectivity index is 1.89. The van der Waals surface area contributed by atoms with Crippen molar-refractivity contribution in [2.75, 3.05) is 11.4 Å². The molecule has 0 amide bonds. The molecule has 2 aromatic carbocycles. The highest BCUT2D eigenvalue weighted by Crippen LogP contribution is 2.30. The molecule has 0 aromatic heterocycles. The third-order valence-corrected chi connectivity index (χ3v) is 4.56. The Labute approximate surface area is 127 Å². The lowest BCUT2D eigenvalue weighted by atomic mass is 9.99. The number of halogens is 2. The Morgan fingerprint density at radius 1 is 1.20 bits per heavy atom. The molecular formula is C17H17BrFN. The van der Waals surface area contributed by atoms with E-state index < -0.39 is 0 Å². The summed E-state index contributed by atoms with van der Waals surface area (Å²) in [6, 6.07) is 11.6. The van der Waals surface area contributed by atoms with Crippen molar-refractivity contribution in [3.8, 4) is 0 Å². The van der Waals surface area contributed by atoms with Crippen LogP contribution in [0, 0.1) is 12.7 Å². The Bertz CT molecular complexity index is 639. The summed E-state index contributed by atoms with van der Waals surface area (Å²) >= 11 is 3.46. The summed E-state index contributed by atoms with van der Waals surface area (Å²) in [4.78, 5) is 2.39. The zero-order valence-corrected chi connectivity index (χ0v) is 13.1. The van der Waals surface area contributed by atoms with Crippen LogP contribution in [0.1, 0.15) is 23.1 Å². The van der Waals surface area contributed by atoms with Gasteiger partial charge in [0.25, 0.3) is 0 Å². The highest BCUT2D eigenvalue weighted by Gasteiger charge is 2.17. The molecule has 20 heavy (non-hydrogen) atoms. The van der Waals surface area contributed by atoms with Gasteiger partial charge in [-0.25, -0.2) is 4.39 Å². The van der Waals surface area contributed by atoms with E-state index in [0.717, 1.165) is 29.5 Å². The van der Waals surface area contributed by atoms with Crippen molar-refractivity contribution in [1.82, 2.24) is 0 Å². The van der Waals surface area contributed by atoms with E-state index in [1.54, 1.807) is 0 Å². The number of anilines is 1. The number of rotatable bonds is 2. The Morgan fingerprint density at radius 2 is 2.05 bits per heavy atom. The lowest BCUT2D eigenvalue weighted by Crippen LogP contribution is -2.29. The molecule has 1 heterocycles. The molecule has 1 nitrogen and oxygen atoms in total. The van der Waals surface area contributed by atoms with Crippen LogP contribution in [0.2, 0.25) is 0 Å². The van der Waals surface area contributed by atoms with Gasteiger partial charge in [0.05, 0.1) is 0 Å². The Morgan fingerprint density at radius 3 is 2.85 bits per heavy atom. The predicted molar refractivity (Wildman–Crippen MR) is 84.7 cm³/mol.